The fourth-order valence-electron chi connectivity index (χ4n) is 3.04. The van der Waals surface area contributed by atoms with Crippen LogP contribution >= 0.6 is 0 Å². The Morgan fingerprint density at radius 3 is 2.00 bits per heavy atom. The van der Waals surface area contributed by atoms with E-state index in [9.17, 15) is 4.79 Å². The van der Waals surface area contributed by atoms with Crippen molar-refractivity contribution in [3.8, 4) is 0 Å². The van der Waals surface area contributed by atoms with Gasteiger partial charge in [0.05, 0.1) is 0 Å². The topological polar surface area (TPSA) is 17.1 Å². The number of carbonyl (C=O) groups excluding carboxylic acids is 1. The van der Waals surface area contributed by atoms with Crippen molar-refractivity contribution in [2.24, 2.45) is 11.8 Å². The van der Waals surface area contributed by atoms with Crippen molar-refractivity contribution in [1.29, 1.82) is 0 Å². The Bertz CT molecular complexity index is 199. The van der Waals surface area contributed by atoms with Crippen molar-refractivity contribution in [3.63, 3.8) is 0 Å². The number of hydrogen-bond acceptors (Lipinski definition) is 1. The van der Waals surface area contributed by atoms with E-state index in [1.54, 1.807) is 0 Å². The Kier molecular flexibility index (Phi) is 8.31. The number of ketones is 1. The second-order valence-corrected chi connectivity index (χ2v) is 5.37. The molecule has 0 aliphatic heterocycles. The molecule has 86 valence electrons. The normalized spacial score (nSPS) is 24.1. The maximum absolute atomic E-state index is 11.1. The van der Waals surface area contributed by atoms with Gasteiger partial charge in [0.2, 0.25) is 0 Å². The summed E-state index contributed by atoms with van der Waals surface area (Å²) in [5, 5.41) is 0. The van der Waals surface area contributed by atoms with E-state index in [4.69, 9.17) is 0 Å². The standard InChI is InChI=1S/C14H23O.Rb/c15-14-10-8-13(9-11-14)7-6-12-4-2-1-3-5-12;/h1,12-13H,2-11H2;/q-1;+1. The zero-order chi connectivity index (χ0) is 10.5. The van der Waals surface area contributed by atoms with Crippen LogP contribution in [-0.2, 0) is 4.79 Å². The molecule has 0 amide bonds. The Balaban J connectivity index is 0.00000128. The Morgan fingerprint density at radius 2 is 1.44 bits per heavy atom. The minimum Gasteiger partial charge on any atom is -0.328 e. The van der Waals surface area contributed by atoms with Crippen molar-refractivity contribution in [2.45, 2.75) is 64.2 Å². The van der Waals surface area contributed by atoms with Gasteiger partial charge in [-0.05, 0) is 24.7 Å². The van der Waals surface area contributed by atoms with Crippen LogP contribution < -0.4 is 58.2 Å². The number of hydrogen-bond donors (Lipinski definition) is 0. The summed E-state index contributed by atoms with van der Waals surface area (Å²) in [6, 6.07) is 0. The molecular weight excluding hydrogens is 270 g/mol. The molecule has 2 saturated carbocycles. The molecule has 0 heterocycles. The molecule has 0 bridgehead atoms. The van der Waals surface area contributed by atoms with Gasteiger partial charge in [0.15, 0.2) is 0 Å². The molecule has 0 aromatic heterocycles. The van der Waals surface area contributed by atoms with Crippen LogP contribution in [0.1, 0.15) is 64.2 Å². The van der Waals surface area contributed by atoms with E-state index in [-0.39, 0.29) is 58.2 Å². The van der Waals surface area contributed by atoms with Crippen LogP contribution in [0.25, 0.3) is 0 Å². The third-order valence-electron chi connectivity index (χ3n) is 4.20. The predicted molar refractivity (Wildman–Crippen MR) is 62.5 cm³/mol. The maximum Gasteiger partial charge on any atom is 1.00 e. The first-order valence-corrected chi connectivity index (χ1v) is 6.68. The van der Waals surface area contributed by atoms with Crippen LogP contribution in [0.3, 0.4) is 0 Å². The van der Waals surface area contributed by atoms with E-state index in [1.165, 1.54) is 51.4 Å². The average Bonchev–Trinajstić information content (AvgIpc) is 2.30. The summed E-state index contributed by atoms with van der Waals surface area (Å²) < 4.78 is 0. The first-order chi connectivity index (χ1) is 7.34. The average molecular weight is 293 g/mol. The van der Waals surface area contributed by atoms with Gasteiger partial charge in [-0.2, -0.15) is 12.8 Å². The van der Waals surface area contributed by atoms with Crippen LogP contribution in [0.15, 0.2) is 0 Å². The smallest absolute Gasteiger partial charge is 0.328 e. The van der Waals surface area contributed by atoms with E-state index in [1.807, 2.05) is 0 Å². The number of Topliss-reactive ketones (excluding diaryl/α,β-unsaturated/α-hetero) is 1. The molecule has 0 saturated heterocycles. The first kappa shape index (κ1) is 15.5. The molecule has 2 rings (SSSR count). The molecule has 2 aliphatic rings. The number of carbonyl (C=O) groups is 1. The molecule has 2 aliphatic carbocycles. The summed E-state index contributed by atoms with van der Waals surface area (Å²) in [4.78, 5) is 11.1. The Morgan fingerprint density at radius 1 is 0.938 bits per heavy atom. The van der Waals surface area contributed by atoms with Gasteiger partial charge >= 0.3 is 58.2 Å². The third kappa shape index (κ3) is 5.41. The molecule has 0 unspecified atom stereocenters. The summed E-state index contributed by atoms with van der Waals surface area (Å²) in [5.41, 5.74) is 0. The molecule has 0 aromatic carbocycles. The summed E-state index contributed by atoms with van der Waals surface area (Å²) in [5.74, 6) is 2.36. The predicted octanol–water partition coefficient (Wildman–Crippen LogP) is 0.924. The van der Waals surface area contributed by atoms with E-state index >= 15 is 0 Å². The minimum atomic E-state index is 0. The molecule has 0 spiro atoms. The van der Waals surface area contributed by atoms with Gasteiger partial charge < -0.3 is 6.42 Å². The summed E-state index contributed by atoms with van der Waals surface area (Å²) >= 11 is 0. The molecule has 2 heteroatoms. The Labute approximate surface area is 149 Å². The molecule has 0 aromatic rings. The molecule has 2 fully saturated rings. The largest absolute Gasteiger partial charge is 1.00 e. The zero-order valence-electron chi connectivity index (χ0n) is 10.7. The molecule has 16 heavy (non-hydrogen) atoms. The van der Waals surface area contributed by atoms with Crippen LogP contribution in [-0.4, -0.2) is 5.78 Å². The van der Waals surface area contributed by atoms with Gasteiger partial charge in [-0.15, -0.1) is 0 Å². The maximum atomic E-state index is 11.1. The van der Waals surface area contributed by atoms with Crippen molar-refractivity contribution in [3.05, 3.63) is 6.42 Å². The van der Waals surface area contributed by atoms with E-state index < -0.39 is 0 Å². The van der Waals surface area contributed by atoms with Crippen LogP contribution in [0.4, 0.5) is 0 Å². The van der Waals surface area contributed by atoms with Gasteiger partial charge in [0.1, 0.15) is 5.78 Å². The summed E-state index contributed by atoms with van der Waals surface area (Å²) in [6.45, 7) is 0. The van der Waals surface area contributed by atoms with Crippen LogP contribution in [0, 0.1) is 18.3 Å². The monoisotopic (exact) mass is 292 g/mol. The molecular formula is C14H23ORb. The van der Waals surface area contributed by atoms with E-state index in [2.05, 4.69) is 6.42 Å². The van der Waals surface area contributed by atoms with Crippen molar-refractivity contribution in [2.75, 3.05) is 0 Å². The molecule has 0 radical (unpaired) electrons. The van der Waals surface area contributed by atoms with E-state index in [0.29, 0.717) is 5.78 Å². The molecule has 0 N–H and O–H groups in total. The SMILES string of the molecule is O=C1CCC(CCC2CC[CH-]CC2)CC1.[Rb+]. The van der Waals surface area contributed by atoms with Crippen molar-refractivity contribution < 1.29 is 63.0 Å². The van der Waals surface area contributed by atoms with Crippen LogP contribution in [0.5, 0.6) is 0 Å². The minimum absolute atomic E-state index is 0. The van der Waals surface area contributed by atoms with E-state index in [0.717, 1.165) is 24.7 Å². The van der Waals surface area contributed by atoms with Crippen molar-refractivity contribution >= 4 is 5.78 Å². The second-order valence-electron chi connectivity index (χ2n) is 5.37. The van der Waals surface area contributed by atoms with Crippen LogP contribution in [0.2, 0.25) is 0 Å². The number of rotatable bonds is 3. The van der Waals surface area contributed by atoms with Gasteiger partial charge in [-0.3, -0.25) is 4.79 Å². The molecule has 1 nitrogen and oxygen atoms in total. The van der Waals surface area contributed by atoms with Gasteiger partial charge in [-0.1, -0.05) is 25.7 Å². The van der Waals surface area contributed by atoms with Gasteiger partial charge in [0.25, 0.3) is 0 Å². The third-order valence-corrected chi connectivity index (χ3v) is 4.20. The molecule has 0 atom stereocenters. The quantitative estimate of drug-likeness (QED) is 0.707. The fourth-order valence-corrected chi connectivity index (χ4v) is 3.04. The summed E-state index contributed by atoms with van der Waals surface area (Å²) in [7, 11) is 0. The fraction of sp³-hybridized carbons (Fsp3) is 0.857. The van der Waals surface area contributed by atoms with Crippen molar-refractivity contribution in [1.82, 2.24) is 0 Å². The Hall–Kier alpha value is 1.48. The second kappa shape index (κ2) is 8.56. The first-order valence-electron chi connectivity index (χ1n) is 6.68. The van der Waals surface area contributed by atoms with Gasteiger partial charge in [-0.25, -0.2) is 0 Å². The zero-order valence-corrected chi connectivity index (χ0v) is 15.6. The summed E-state index contributed by atoms with van der Waals surface area (Å²) in [6.07, 6.45) is 14.9. The van der Waals surface area contributed by atoms with Gasteiger partial charge in [0, 0.05) is 12.8 Å².